The number of carbonyl (C=O) groups is 1. The number of aromatic amines is 1. The van der Waals surface area contributed by atoms with Gasteiger partial charge in [0.2, 0.25) is 0 Å². The van der Waals surface area contributed by atoms with Crippen molar-refractivity contribution < 1.29 is 4.79 Å². The molecule has 0 fully saturated rings. The molecule has 0 radical (unpaired) electrons. The van der Waals surface area contributed by atoms with Gasteiger partial charge < -0.3 is 10.3 Å². The van der Waals surface area contributed by atoms with Crippen LogP contribution in [0.25, 0.3) is 10.9 Å². The number of hydrogen-bond donors (Lipinski definition) is 3. The van der Waals surface area contributed by atoms with E-state index in [0.29, 0.717) is 22.1 Å². The number of aromatic nitrogens is 2. The van der Waals surface area contributed by atoms with Crippen LogP contribution in [0.1, 0.15) is 19.8 Å². The number of urea groups is 1. The van der Waals surface area contributed by atoms with E-state index in [1.165, 1.54) is 0 Å². The molecule has 0 aliphatic carbocycles. The highest BCUT2D eigenvalue weighted by atomic mass is 16.2. The van der Waals surface area contributed by atoms with Gasteiger partial charge in [0.05, 0.1) is 10.9 Å². The Morgan fingerprint density at radius 2 is 2.05 bits per heavy atom. The van der Waals surface area contributed by atoms with E-state index < -0.39 is 17.3 Å². The van der Waals surface area contributed by atoms with Crippen LogP contribution < -0.4 is 22.0 Å². The fraction of sp³-hybridized carbons (Fsp3) is 0.308. The molecule has 2 aromatic rings. The number of H-pyrrole nitrogens is 1. The number of para-hydroxylation sites is 1. The topological polar surface area (TPSA) is 96.0 Å². The molecule has 20 heavy (non-hydrogen) atoms. The average Bonchev–Trinajstić information content (AvgIpc) is 2.44. The van der Waals surface area contributed by atoms with Gasteiger partial charge in [-0.15, -0.1) is 0 Å². The van der Waals surface area contributed by atoms with Gasteiger partial charge in [0.25, 0.3) is 5.56 Å². The zero-order valence-electron chi connectivity index (χ0n) is 11.1. The second-order valence-corrected chi connectivity index (χ2v) is 4.34. The van der Waals surface area contributed by atoms with Crippen molar-refractivity contribution in [3.05, 3.63) is 45.1 Å². The normalized spacial score (nSPS) is 10.4. The third-order valence-electron chi connectivity index (χ3n) is 2.83. The van der Waals surface area contributed by atoms with Gasteiger partial charge >= 0.3 is 11.7 Å². The number of carbonyl (C=O) groups excluding carboxylic acids is 1. The van der Waals surface area contributed by atoms with Crippen LogP contribution in [0.15, 0.2) is 33.9 Å². The van der Waals surface area contributed by atoms with E-state index in [9.17, 15) is 14.4 Å². The molecule has 1 aromatic carbocycles. The molecule has 0 saturated carbocycles. The van der Waals surface area contributed by atoms with E-state index in [1.54, 1.807) is 24.3 Å². The third kappa shape index (κ3) is 2.87. The lowest BCUT2D eigenvalue weighted by molar-refractivity contribution is 0.249. The molecule has 2 rings (SSSR count). The molecule has 106 valence electrons. The van der Waals surface area contributed by atoms with Crippen molar-refractivity contribution in [2.45, 2.75) is 19.8 Å². The summed E-state index contributed by atoms with van der Waals surface area (Å²) in [5.74, 6) is 0. The van der Waals surface area contributed by atoms with Crippen molar-refractivity contribution in [1.82, 2.24) is 15.0 Å². The van der Waals surface area contributed by atoms with Crippen LogP contribution in [0, 0.1) is 0 Å². The summed E-state index contributed by atoms with van der Waals surface area (Å²) in [4.78, 5) is 38.0. The molecule has 7 nitrogen and oxygen atoms in total. The Morgan fingerprint density at radius 3 is 2.80 bits per heavy atom. The monoisotopic (exact) mass is 276 g/mol. The van der Waals surface area contributed by atoms with E-state index in [-0.39, 0.29) is 0 Å². The van der Waals surface area contributed by atoms with E-state index >= 15 is 0 Å². The van der Waals surface area contributed by atoms with Gasteiger partial charge in [-0.05, 0) is 18.6 Å². The lowest BCUT2D eigenvalue weighted by atomic mass is 10.2. The molecule has 1 heterocycles. The quantitative estimate of drug-likeness (QED) is 0.719. The van der Waals surface area contributed by atoms with Crippen molar-refractivity contribution in [3.63, 3.8) is 0 Å². The number of nitrogens with zero attached hydrogens (tertiary/aromatic N) is 1. The molecule has 0 bridgehead atoms. The predicted molar refractivity (Wildman–Crippen MR) is 76.5 cm³/mol. The third-order valence-corrected chi connectivity index (χ3v) is 2.83. The van der Waals surface area contributed by atoms with Crippen LogP contribution >= 0.6 is 0 Å². The molecule has 0 aliphatic rings. The smallest absolute Gasteiger partial charge is 0.337 e. The van der Waals surface area contributed by atoms with Crippen LogP contribution in [-0.4, -0.2) is 22.2 Å². The highest BCUT2D eigenvalue weighted by molar-refractivity contribution is 5.82. The lowest BCUT2D eigenvalue weighted by Crippen LogP contribution is -2.47. The average molecular weight is 276 g/mol. The van der Waals surface area contributed by atoms with Gasteiger partial charge in [-0.2, -0.15) is 4.68 Å². The Bertz CT molecular complexity index is 732. The Morgan fingerprint density at radius 1 is 1.30 bits per heavy atom. The summed E-state index contributed by atoms with van der Waals surface area (Å²) in [7, 11) is 0. The maximum absolute atomic E-state index is 12.1. The fourth-order valence-electron chi connectivity index (χ4n) is 1.78. The van der Waals surface area contributed by atoms with Gasteiger partial charge in [-0.3, -0.25) is 4.79 Å². The molecule has 1 aromatic heterocycles. The van der Waals surface area contributed by atoms with Crippen molar-refractivity contribution in [2.24, 2.45) is 0 Å². The number of nitrogens with one attached hydrogen (secondary N) is 3. The van der Waals surface area contributed by atoms with Crippen LogP contribution in [-0.2, 0) is 0 Å². The number of hydrogen-bond acceptors (Lipinski definition) is 3. The Balaban J connectivity index is 2.28. The van der Waals surface area contributed by atoms with Crippen LogP contribution in [0.3, 0.4) is 0 Å². The molecule has 0 atom stereocenters. The molecule has 0 unspecified atom stereocenters. The van der Waals surface area contributed by atoms with Crippen molar-refractivity contribution >= 4 is 16.9 Å². The maximum Gasteiger partial charge on any atom is 0.348 e. The zero-order chi connectivity index (χ0) is 14.5. The molecule has 3 N–H and O–H groups in total. The standard InChI is InChI=1S/C13H16N4O3/c1-2-3-8-14-12(19)16-17-11(18)9-6-4-5-7-10(9)15-13(17)20/h4-7H,2-3,8H2,1H3,(H,15,20)(H2,14,16,19). The molecule has 2 amide bonds. The summed E-state index contributed by atoms with van der Waals surface area (Å²) in [6, 6.07) is 6.03. The highest BCUT2D eigenvalue weighted by Crippen LogP contribution is 2.02. The number of amides is 2. The predicted octanol–water partition coefficient (Wildman–Crippen LogP) is 0.743. The summed E-state index contributed by atoms with van der Waals surface area (Å²) in [6.45, 7) is 2.49. The Labute approximate surface area is 114 Å². The first kappa shape index (κ1) is 13.9. The second kappa shape index (κ2) is 6.05. The summed E-state index contributed by atoms with van der Waals surface area (Å²) in [6.07, 6.45) is 1.77. The number of unbranched alkanes of at least 4 members (excludes halogenated alkanes) is 1. The van der Waals surface area contributed by atoms with Gasteiger partial charge in [-0.25, -0.2) is 15.0 Å². The SMILES string of the molecule is CCCCNC(=O)Nn1c(=O)[nH]c2ccccc2c1=O. The van der Waals surface area contributed by atoms with Crippen molar-refractivity contribution in [3.8, 4) is 0 Å². The second-order valence-electron chi connectivity index (χ2n) is 4.34. The molecule has 0 saturated heterocycles. The minimum Gasteiger partial charge on any atom is -0.337 e. The van der Waals surface area contributed by atoms with Crippen molar-refractivity contribution in [2.75, 3.05) is 12.0 Å². The number of benzene rings is 1. The Hall–Kier alpha value is -2.57. The summed E-state index contributed by atoms with van der Waals surface area (Å²) >= 11 is 0. The summed E-state index contributed by atoms with van der Waals surface area (Å²) < 4.78 is 0.670. The van der Waals surface area contributed by atoms with E-state index in [4.69, 9.17) is 0 Å². The van der Waals surface area contributed by atoms with Gasteiger partial charge in [-0.1, -0.05) is 25.5 Å². The highest BCUT2D eigenvalue weighted by Gasteiger charge is 2.09. The van der Waals surface area contributed by atoms with E-state index in [2.05, 4.69) is 15.7 Å². The summed E-state index contributed by atoms with van der Waals surface area (Å²) in [5.41, 5.74) is 1.44. The molecule has 7 heteroatoms. The number of fused-ring (bicyclic) bond motifs is 1. The fourth-order valence-corrected chi connectivity index (χ4v) is 1.78. The molecular formula is C13H16N4O3. The molecular weight excluding hydrogens is 260 g/mol. The molecule has 0 aliphatic heterocycles. The number of rotatable bonds is 4. The minimum atomic E-state index is -0.681. The first-order valence-electron chi connectivity index (χ1n) is 6.42. The first-order chi connectivity index (χ1) is 9.63. The van der Waals surface area contributed by atoms with Gasteiger partial charge in [0.1, 0.15) is 0 Å². The van der Waals surface area contributed by atoms with Gasteiger partial charge in [0.15, 0.2) is 0 Å². The van der Waals surface area contributed by atoms with Gasteiger partial charge in [0, 0.05) is 6.54 Å². The minimum absolute atomic E-state index is 0.334. The largest absolute Gasteiger partial charge is 0.348 e. The van der Waals surface area contributed by atoms with Crippen LogP contribution in [0.5, 0.6) is 0 Å². The zero-order valence-corrected chi connectivity index (χ0v) is 11.1. The van der Waals surface area contributed by atoms with Crippen molar-refractivity contribution in [1.29, 1.82) is 0 Å². The van der Waals surface area contributed by atoms with Crippen LogP contribution in [0.2, 0.25) is 0 Å². The lowest BCUT2D eigenvalue weighted by Gasteiger charge is -2.09. The van der Waals surface area contributed by atoms with E-state index in [0.717, 1.165) is 12.8 Å². The van der Waals surface area contributed by atoms with Crippen LogP contribution in [0.4, 0.5) is 4.79 Å². The van der Waals surface area contributed by atoms with E-state index in [1.807, 2.05) is 6.92 Å². The Kier molecular flexibility index (Phi) is 4.19. The molecule has 0 spiro atoms. The maximum atomic E-state index is 12.1. The summed E-state index contributed by atoms with van der Waals surface area (Å²) in [5, 5.41) is 2.91. The first-order valence-corrected chi connectivity index (χ1v) is 6.42.